The van der Waals surface area contributed by atoms with Crippen LogP contribution in [0.25, 0.3) is 11.3 Å². The van der Waals surface area contributed by atoms with Gasteiger partial charge in [0.25, 0.3) is 0 Å². The molecule has 3 aromatic rings. The van der Waals surface area contributed by atoms with E-state index in [2.05, 4.69) is 16.0 Å². The van der Waals surface area contributed by atoms with E-state index in [1.165, 1.54) is 0 Å². The van der Waals surface area contributed by atoms with Gasteiger partial charge < -0.3 is 13.9 Å². The number of oxazole rings is 1. The van der Waals surface area contributed by atoms with Gasteiger partial charge in [-0.3, -0.25) is 4.90 Å². The maximum atomic E-state index is 6.03. The number of methoxy groups -OCH3 is 1. The van der Waals surface area contributed by atoms with E-state index in [9.17, 15) is 0 Å². The summed E-state index contributed by atoms with van der Waals surface area (Å²) >= 11 is 0. The second-order valence-electron chi connectivity index (χ2n) is 7.10. The van der Waals surface area contributed by atoms with Gasteiger partial charge in [-0.2, -0.15) is 0 Å². The third-order valence-corrected chi connectivity index (χ3v) is 5.04. The van der Waals surface area contributed by atoms with Crippen molar-refractivity contribution in [2.24, 2.45) is 0 Å². The molecule has 0 amide bonds. The maximum absolute atomic E-state index is 6.03. The number of aromatic nitrogens is 1. The molecule has 28 heavy (non-hydrogen) atoms. The normalized spacial score (nSPS) is 16.6. The Bertz CT molecular complexity index is 872. The summed E-state index contributed by atoms with van der Waals surface area (Å²) in [5, 5.41) is 0. The zero-order valence-electron chi connectivity index (χ0n) is 16.2. The molecule has 2 heterocycles. The summed E-state index contributed by atoms with van der Waals surface area (Å²) in [5.41, 5.74) is 2.19. The second-order valence-corrected chi connectivity index (χ2v) is 7.10. The highest BCUT2D eigenvalue weighted by Gasteiger charge is 2.22. The van der Waals surface area contributed by atoms with E-state index in [4.69, 9.17) is 13.9 Å². The molecule has 5 heteroatoms. The predicted octanol–water partition coefficient (Wildman–Crippen LogP) is 4.53. The third-order valence-electron chi connectivity index (χ3n) is 5.04. The Kier molecular flexibility index (Phi) is 6.04. The fourth-order valence-electron chi connectivity index (χ4n) is 3.65. The molecular weight excluding hydrogens is 352 g/mol. The van der Waals surface area contributed by atoms with Crippen molar-refractivity contribution in [1.82, 2.24) is 9.88 Å². The number of ether oxygens (including phenoxy) is 2. The summed E-state index contributed by atoms with van der Waals surface area (Å²) in [5.74, 6) is 2.41. The van der Waals surface area contributed by atoms with Crippen LogP contribution < -0.4 is 4.74 Å². The highest BCUT2D eigenvalue weighted by Crippen LogP contribution is 2.24. The zero-order chi connectivity index (χ0) is 19.2. The van der Waals surface area contributed by atoms with Gasteiger partial charge >= 0.3 is 0 Å². The Hall–Kier alpha value is -2.63. The van der Waals surface area contributed by atoms with E-state index < -0.39 is 0 Å². The molecule has 1 aromatic heterocycles. The van der Waals surface area contributed by atoms with Gasteiger partial charge in [-0.25, -0.2) is 4.98 Å². The van der Waals surface area contributed by atoms with Gasteiger partial charge in [0.05, 0.1) is 26.0 Å². The molecule has 0 radical (unpaired) electrons. The summed E-state index contributed by atoms with van der Waals surface area (Å²) in [6, 6.07) is 18.2. The summed E-state index contributed by atoms with van der Waals surface area (Å²) in [4.78, 5) is 6.84. The van der Waals surface area contributed by atoms with Gasteiger partial charge in [0, 0.05) is 30.8 Å². The summed E-state index contributed by atoms with van der Waals surface area (Å²) < 4.78 is 17.4. The molecule has 1 fully saturated rings. The SMILES string of the molecule is COc1ccccc1CN(Cc1ncc(-c2ccccc2)o1)C[C@H]1CCCO1. The molecule has 0 N–H and O–H groups in total. The lowest BCUT2D eigenvalue weighted by Crippen LogP contribution is -2.31. The Balaban J connectivity index is 1.51. The van der Waals surface area contributed by atoms with Crippen LogP contribution in [0, 0.1) is 0 Å². The van der Waals surface area contributed by atoms with Crippen molar-refractivity contribution in [1.29, 1.82) is 0 Å². The first kappa shape index (κ1) is 18.7. The largest absolute Gasteiger partial charge is 0.496 e. The molecule has 0 spiro atoms. The summed E-state index contributed by atoms with van der Waals surface area (Å²) in [6.45, 7) is 3.09. The second kappa shape index (κ2) is 9.04. The van der Waals surface area contributed by atoms with Crippen LogP contribution in [-0.2, 0) is 17.8 Å². The predicted molar refractivity (Wildman–Crippen MR) is 108 cm³/mol. The first-order chi connectivity index (χ1) is 13.8. The highest BCUT2D eigenvalue weighted by atomic mass is 16.5. The maximum Gasteiger partial charge on any atom is 0.209 e. The van der Waals surface area contributed by atoms with Crippen molar-refractivity contribution in [3.63, 3.8) is 0 Å². The molecule has 146 valence electrons. The number of nitrogens with zero attached hydrogens (tertiary/aromatic N) is 2. The Morgan fingerprint density at radius 1 is 1.07 bits per heavy atom. The van der Waals surface area contributed by atoms with Crippen LogP contribution in [0.15, 0.2) is 65.2 Å². The number of para-hydroxylation sites is 1. The van der Waals surface area contributed by atoms with Crippen LogP contribution >= 0.6 is 0 Å². The van der Waals surface area contributed by atoms with Crippen LogP contribution in [-0.4, -0.2) is 36.2 Å². The van der Waals surface area contributed by atoms with Crippen molar-refractivity contribution >= 4 is 0 Å². The minimum atomic E-state index is 0.262. The Labute approximate surface area is 165 Å². The van der Waals surface area contributed by atoms with Gasteiger partial charge in [-0.05, 0) is 18.9 Å². The van der Waals surface area contributed by atoms with Crippen molar-refractivity contribution in [2.45, 2.75) is 32.0 Å². The van der Waals surface area contributed by atoms with Gasteiger partial charge in [-0.1, -0.05) is 48.5 Å². The van der Waals surface area contributed by atoms with E-state index in [1.807, 2.05) is 48.5 Å². The van der Waals surface area contributed by atoms with Crippen molar-refractivity contribution in [2.75, 3.05) is 20.3 Å². The van der Waals surface area contributed by atoms with E-state index >= 15 is 0 Å². The molecule has 0 bridgehead atoms. The molecule has 1 atom stereocenters. The quantitative estimate of drug-likeness (QED) is 0.576. The fraction of sp³-hybridized carbons (Fsp3) is 0.348. The van der Waals surface area contributed by atoms with Crippen LogP contribution in [0.2, 0.25) is 0 Å². The molecular formula is C23H26N2O3. The van der Waals surface area contributed by atoms with Crippen LogP contribution in [0.5, 0.6) is 5.75 Å². The molecule has 4 rings (SSSR count). The van der Waals surface area contributed by atoms with Crippen LogP contribution in [0.1, 0.15) is 24.3 Å². The minimum Gasteiger partial charge on any atom is -0.496 e. The first-order valence-electron chi connectivity index (χ1n) is 9.78. The zero-order valence-corrected chi connectivity index (χ0v) is 16.2. The Morgan fingerprint density at radius 3 is 2.68 bits per heavy atom. The molecule has 1 aliphatic rings. The van der Waals surface area contributed by atoms with Gasteiger partial charge in [0.2, 0.25) is 5.89 Å². The molecule has 2 aromatic carbocycles. The minimum absolute atomic E-state index is 0.262. The smallest absolute Gasteiger partial charge is 0.209 e. The Morgan fingerprint density at radius 2 is 1.89 bits per heavy atom. The highest BCUT2D eigenvalue weighted by molar-refractivity contribution is 5.55. The lowest BCUT2D eigenvalue weighted by atomic mass is 10.1. The van der Waals surface area contributed by atoms with Crippen molar-refractivity contribution in [3.8, 4) is 17.1 Å². The average Bonchev–Trinajstić information content (AvgIpc) is 3.41. The molecule has 0 saturated carbocycles. The lowest BCUT2D eigenvalue weighted by molar-refractivity contribution is 0.0646. The summed E-state index contributed by atoms with van der Waals surface area (Å²) in [6.07, 6.45) is 4.30. The van der Waals surface area contributed by atoms with E-state index in [-0.39, 0.29) is 6.10 Å². The van der Waals surface area contributed by atoms with E-state index in [1.54, 1.807) is 13.3 Å². The summed E-state index contributed by atoms with van der Waals surface area (Å²) in [7, 11) is 1.71. The van der Waals surface area contributed by atoms with Crippen molar-refractivity contribution < 1.29 is 13.9 Å². The van der Waals surface area contributed by atoms with Gasteiger partial charge in [0.1, 0.15) is 5.75 Å². The topological polar surface area (TPSA) is 47.7 Å². The van der Waals surface area contributed by atoms with E-state index in [0.717, 1.165) is 55.2 Å². The standard InChI is InChI=1S/C23H26N2O3/c1-26-21-12-6-5-10-19(21)15-25(16-20-11-7-13-27-20)17-23-24-14-22(28-23)18-8-3-2-4-9-18/h2-6,8-10,12,14,20H,7,11,13,15-17H2,1H3/t20-/m1/s1. The number of hydrogen-bond donors (Lipinski definition) is 0. The van der Waals surface area contributed by atoms with Crippen molar-refractivity contribution in [3.05, 3.63) is 72.2 Å². The molecule has 0 unspecified atom stereocenters. The van der Waals surface area contributed by atoms with Gasteiger partial charge in [-0.15, -0.1) is 0 Å². The lowest BCUT2D eigenvalue weighted by Gasteiger charge is -2.24. The first-order valence-corrected chi connectivity index (χ1v) is 9.78. The third kappa shape index (κ3) is 4.61. The number of benzene rings is 2. The molecule has 1 saturated heterocycles. The van der Waals surface area contributed by atoms with E-state index in [0.29, 0.717) is 12.4 Å². The van der Waals surface area contributed by atoms with Gasteiger partial charge in [0.15, 0.2) is 5.76 Å². The van der Waals surface area contributed by atoms with Crippen LogP contribution in [0.3, 0.4) is 0 Å². The fourth-order valence-corrected chi connectivity index (χ4v) is 3.65. The molecule has 0 aliphatic carbocycles. The number of rotatable bonds is 8. The molecule has 5 nitrogen and oxygen atoms in total. The van der Waals surface area contributed by atoms with Crippen LogP contribution in [0.4, 0.5) is 0 Å². The molecule has 1 aliphatic heterocycles. The number of hydrogen-bond acceptors (Lipinski definition) is 5. The average molecular weight is 378 g/mol. The monoisotopic (exact) mass is 378 g/mol.